The molecule has 1 N–H and O–H groups in total. The van der Waals surface area contributed by atoms with Crippen LogP contribution in [0.15, 0.2) is 59.8 Å². The molecule has 0 spiro atoms. The van der Waals surface area contributed by atoms with E-state index in [1.807, 2.05) is 34.9 Å². The summed E-state index contributed by atoms with van der Waals surface area (Å²) in [6.45, 7) is 2.19. The number of amides is 1. The highest BCUT2D eigenvalue weighted by atomic mass is 32.2. The van der Waals surface area contributed by atoms with Gasteiger partial charge in [-0.15, -0.1) is 10.2 Å². The third-order valence-electron chi connectivity index (χ3n) is 7.06. The molecule has 2 aromatic carbocycles. The van der Waals surface area contributed by atoms with E-state index >= 15 is 0 Å². The topological polar surface area (TPSA) is 69.0 Å². The number of carbonyl (C=O) groups excluding carboxylic acids is 1. The fraction of sp³-hybridized carbons (Fsp3) is 0.423. The Hall–Kier alpha value is -2.87. The van der Waals surface area contributed by atoms with Crippen LogP contribution in [0.3, 0.4) is 0 Å². The van der Waals surface area contributed by atoms with E-state index in [9.17, 15) is 9.18 Å². The molecule has 2 bridgehead atoms. The molecule has 8 heteroatoms. The Kier molecular flexibility index (Phi) is 6.85. The molecule has 4 atom stereocenters. The molecule has 0 saturated heterocycles. The number of nitrogens with one attached hydrogen (secondary N) is 1. The van der Waals surface area contributed by atoms with Crippen LogP contribution in [0.4, 0.5) is 4.39 Å². The van der Waals surface area contributed by atoms with Crippen LogP contribution in [0.25, 0.3) is 5.69 Å². The highest BCUT2D eigenvalue weighted by molar-refractivity contribution is 7.99. The Morgan fingerprint density at radius 2 is 1.94 bits per heavy atom. The molecule has 2 fully saturated rings. The van der Waals surface area contributed by atoms with E-state index in [1.165, 1.54) is 43.5 Å². The summed E-state index contributed by atoms with van der Waals surface area (Å²) in [7, 11) is 0. The third-order valence-corrected chi connectivity index (χ3v) is 7.99. The molecule has 3 aromatic rings. The number of fused-ring (bicyclic) bond motifs is 2. The molecule has 1 aromatic heterocycles. The summed E-state index contributed by atoms with van der Waals surface area (Å²) in [6.07, 6.45) is 5.24. The summed E-state index contributed by atoms with van der Waals surface area (Å²) in [6, 6.07) is 16.1. The molecule has 2 saturated carbocycles. The van der Waals surface area contributed by atoms with Gasteiger partial charge >= 0.3 is 0 Å². The van der Waals surface area contributed by atoms with Crippen LogP contribution in [-0.2, 0) is 11.4 Å². The molecule has 1 amide bonds. The minimum Gasteiger partial charge on any atom is -0.483 e. The second-order valence-corrected chi connectivity index (χ2v) is 10.2. The summed E-state index contributed by atoms with van der Waals surface area (Å²) in [5, 5.41) is 12.4. The molecule has 34 heavy (non-hydrogen) atoms. The van der Waals surface area contributed by atoms with Crippen molar-refractivity contribution in [2.24, 2.45) is 17.8 Å². The SMILES string of the molecule is CC(NC(=O)CSc1nnc(COc2ccccc2F)n1-c1ccccc1)C1CC2CCC1C2. The maximum absolute atomic E-state index is 14.0. The van der Waals surface area contributed by atoms with E-state index in [1.54, 1.807) is 18.2 Å². The minimum absolute atomic E-state index is 0.00652. The van der Waals surface area contributed by atoms with Crippen LogP contribution < -0.4 is 10.1 Å². The summed E-state index contributed by atoms with van der Waals surface area (Å²) in [5.74, 6) is 2.76. The summed E-state index contributed by atoms with van der Waals surface area (Å²) >= 11 is 1.34. The lowest BCUT2D eigenvalue weighted by molar-refractivity contribution is -0.119. The molecule has 6 nitrogen and oxygen atoms in total. The van der Waals surface area contributed by atoms with Gasteiger partial charge in [0.2, 0.25) is 5.91 Å². The first-order chi connectivity index (χ1) is 16.6. The zero-order valence-electron chi connectivity index (χ0n) is 19.2. The standard InChI is InChI=1S/C26H29FN4O2S/c1-17(21-14-18-11-12-19(21)13-18)28-25(32)16-34-26-30-29-24(31(26)20-7-3-2-4-8-20)15-33-23-10-6-5-9-22(23)27/h2-10,17-19,21H,11-16H2,1H3,(H,28,32). The first kappa shape index (κ1) is 22.9. The average Bonchev–Trinajstić information content (AvgIpc) is 3.59. The molecule has 2 aliphatic rings. The normalized spacial score (nSPS) is 22.0. The van der Waals surface area contributed by atoms with Gasteiger partial charge in [-0.2, -0.15) is 0 Å². The van der Waals surface area contributed by atoms with E-state index in [0.29, 0.717) is 16.9 Å². The zero-order valence-corrected chi connectivity index (χ0v) is 20.0. The van der Waals surface area contributed by atoms with Gasteiger partial charge in [0.25, 0.3) is 0 Å². The van der Waals surface area contributed by atoms with Crippen molar-refractivity contribution in [3.63, 3.8) is 0 Å². The fourth-order valence-corrected chi connectivity index (χ4v) is 6.25. The molecule has 0 radical (unpaired) electrons. The number of aromatic nitrogens is 3. The Morgan fingerprint density at radius 1 is 1.15 bits per heavy atom. The number of thioether (sulfide) groups is 1. The second kappa shape index (κ2) is 10.2. The van der Waals surface area contributed by atoms with Gasteiger partial charge in [-0.3, -0.25) is 9.36 Å². The van der Waals surface area contributed by atoms with Crippen LogP contribution in [0.5, 0.6) is 5.75 Å². The number of ether oxygens (including phenoxy) is 1. The van der Waals surface area contributed by atoms with Crippen molar-refractivity contribution in [2.45, 2.75) is 50.4 Å². The summed E-state index contributed by atoms with van der Waals surface area (Å²) < 4.78 is 21.5. The van der Waals surface area contributed by atoms with E-state index < -0.39 is 5.82 Å². The van der Waals surface area contributed by atoms with Crippen molar-refractivity contribution < 1.29 is 13.9 Å². The molecule has 178 valence electrons. The summed E-state index contributed by atoms with van der Waals surface area (Å²) in [4.78, 5) is 12.7. The van der Waals surface area contributed by atoms with Crippen LogP contribution in [0.2, 0.25) is 0 Å². The number of para-hydroxylation sites is 2. The molecule has 5 rings (SSSR count). The monoisotopic (exact) mass is 480 g/mol. The van der Waals surface area contributed by atoms with Crippen LogP contribution in [-0.4, -0.2) is 32.5 Å². The van der Waals surface area contributed by atoms with Gasteiger partial charge < -0.3 is 10.1 Å². The van der Waals surface area contributed by atoms with Gasteiger partial charge in [0.1, 0.15) is 6.61 Å². The molecule has 1 heterocycles. The molecule has 0 aliphatic heterocycles. The molecule has 2 aliphatic carbocycles. The minimum atomic E-state index is -0.427. The van der Waals surface area contributed by atoms with Crippen LogP contribution in [0.1, 0.15) is 38.4 Å². The maximum atomic E-state index is 14.0. The Balaban J connectivity index is 1.25. The second-order valence-electron chi connectivity index (χ2n) is 9.27. The summed E-state index contributed by atoms with van der Waals surface area (Å²) in [5.41, 5.74) is 0.859. The highest BCUT2D eigenvalue weighted by Gasteiger charge is 2.42. The van der Waals surface area contributed by atoms with Gasteiger partial charge in [-0.25, -0.2) is 4.39 Å². The predicted molar refractivity (Wildman–Crippen MR) is 129 cm³/mol. The molecular formula is C26H29FN4O2S. The number of nitrogens with zero attached hydrogens (tertiary/aromatic N) is 3. The quantitative estimate of drug-likeness (QED) is 0.436. The molecule has 4 unspecified atom stereocenters. The van der Waals surface area contributed by atoms with E-state index in [2.05, 4.69) is 22.4 Å². The Bertz CT molecular complexity index is 1140. The van der Waals surface area contributed by atoms with Crippen molar-refractivity contribution in [3.05, 3.63) is 66.2 Å². The predicted octanol–water partition coefficient (Wildman–Crippen LogP) is 5.02. The third kappa shape index (κ3) is 4.97. The van der Waals surface area contributed by atoms with Crippen molar-refractivity contribution >= 4 is 17.7 Å². The number of rotatable bonds is 9. The fourth-order valence-electron chi connectivity index (χ4n) is 5.47. The number of hydrogen-bond donors (Lipinski definition) is 1. The van der Waals surface area contributed by atoms with E-state index in [-0.39, 0.29) is 30.1 Å². The van der Waals surface area contributed by atoms with E-state index in [4.69, 9.17) is 4.74 Å². The highest BCUT2D eigenvalue weighted by Crippen LogP contribution is 2.49. The van der Waals surface area contributed by atoms with Gasteiger partial charge in [-0.05, 0) is 68.2 Å². The lowest BCUT2D eigenvalue weighted by atomic mass is 9.84. The Labute approximate surface area is 203 Å². The van der Waals surface area contributed by atoms with Gasteiger partial charge in [0.05, 0.1) is 5.75 Å². The number of halogens is 1. The lowest BCUT2D eigenvalue weighted by Crippen LogP contribution is -2.40. The maximum Gasteiger partial charge on any atom is 0.230 e. The number of benzene rings is 2. The smallest absolute Gasteiger partial charge is 0.230 e. The Morgan fingerprint density at radius 3 is 2.68 bits per heavy atom. The molecular weight excluding hydrogens is 451 g/mol. The van der Waals surface area contributed by atoms with Crippen LogP contribution in [0, 0.1) is 23.6 Å². The van der Waals surface area contributed by atoms with Crippen LogP contribution >= 0.6 is 11.8 Å². The van der Waals surface area contributed by atoms with Crippen molar-refractivity contribution in [1.82, 2.24) is 20.1 Å². The first-order valence-corrected chi connectivity index (χ1v) is 12.9. The average molecular weight is 481 g/mol. The number of carbonyl (C=O) groups is 1. The van der Waals surface area contributed by atoms with Crippen molar-refractivity contribution in [2.75, 3.05) is 5.75 Å². The van der Waals surface area contributed by atoms with Gasteiger partial charge in [0, 0.05) is 11.7 Å². The van der Waals surface area contributed by atoms with Gasteiger partial charge in [0.15, 0.2) is 22.5 Å². The first-order valence-electron chi connectivity index (χ1n) is 11.9. The van der Waals surface area contributed by atoms with Crippen molar-refractivity contribution in [3.8, 4) is 11.4 Å². The lowest BCUT2D eigenvalue weighted by Gasteiger charge is -2.28. The largest absolute Gasteiger partial charge is 0.483 e. The van der Waals surface area contributed by atoms with E-state index in [0.717, 1.165) is 17.5 Å². The van der Waals surface area contributed by atoms with Gasteiger partial charge in [-0.1, -0.05) is 48.5 Å². The van der Waals surface area contributed by atoms with Crippen molar-refractivity contribution in [1.29, 1.82) is 0 Å². The zero-order chi connectivity index (χ0) is 23.5. The number of hydrogen-bond acceptors (Lipinski definition) is 5.